The normalized spacial score (nSPS) is 10.2. The van der Waals surface area contributed by atoms with Gasteiger partial charge in [0.1, 0.15) is 0 Å². The molecule has 0 rings (SSSR count). The highest BCUT2D eigenvalue weighted by molar-refractivity contribution is 5.85. The summed E-state index contributed by atoms with van der Waals surface area (Å²) in [6.07, 6.45) is 3.96. The summed E-state index contributed by atoms with van der Waals surface area (Å²) in [6, 6.07) is 0. The van der Waals surface area contributed by atoms with Crippen molar-refractivity contribution in [2.45, 2.75) is 45.6 Å². The van der Waals surface area contributed by atoms with Gasteiger partial charge in [-0.1, -0.05) is 27.4 Å². The monoisotopic (exact) mass is 221 g/mol. The molecule has 0 unspecified atom stereocenters. The fourth-order valence-corrected chi connectivity index (χ4v) is 1.17. The molecule has 0 aliphatic rings. The second-order valence-electron chi connectivity index (χ2n) is 3.07. The third-order valence-corrected chi connectivity index (χ3v) is 2.57. The highest BCUT2D eigenvalue weighted by atomic mass is 35.5. The van der Waals surface area contributed by atoms with Crippen molar-refractivity contribution in [2.75, 3.05) is 0 Å². The second-order valence-corrected chi connectivity index (χ2v) is 3.07. The molecule has 0 bridgehead atoms. The van der Waals surface area contributed by atoms with Gasteiger partial charge in [0.05, 0.1) is 5.54 Å². The van der Waals surface area contributed by atoms with Crippen LogP contribution >= 0.6 is 12.4 Å². The molecule has 4 heteroatoms. The summed E-state index contributed by atoms with van der Waals surface area (Å²) in [4.78, 5) is 15.6. The zero-order valence-electron chi connectivity index (χ0n) is 9.13. The minimum Gasteiger partial charge on any atom is -0.367 e. The summed E-state index contributed by atoms with van der Waals surface area (Å²) in [5, 5.41) is 0. The van der Waals surface area contributed by atoms with Crippen molar-refractivity contribution in [1.82, 2.24) is 5.48 Å². The van der Waals surface area contributed by atoms with E-state index < -0.39 is 5.97 Å². The Kier molecular flexibility index (Phi) is 8.89. The molecule has 0 aromatic carbocycles. The fraction of sp³-hybridized carbons (Fsp3) is 0.700. The molecule has 84 valence electrons. The Morgan fingerprint density at radius 2 is 1.79 bits per heavy atom. The molecule has 0 saturated heterocycles. The van der Waals surface area contributed by atoms with Crippen molar-refractivity contribution in [3.8, 4) is 0 Å². The predicted molar refractivity (Wildman–Crippen MR) is 60.3 cm³/mol. The first-order chi connectivity index (χ1) is 6.14. The van der Waals surface area contributed by atoms with Crippen LogP contribution in [0.2, 0.25) is 0 Å². The fourth-order valence-electron chi connectivity index (χ4n) is 1.17. The Bertz CT molecular complexity index is 171. The minimum atomic E-state index is -0.431. The molecule has 3 nitrogen and oxygen atoms in total. The molecular formula is C10H20ClNO2. The van der Waals surface area contributed by atoms with E-state index in [1.807, 2.05) is 0 Å². The Morgan fingerprint density at radius 1 is 1.36 bits per heavy atom. The maximum atomic E-state index is 10.8. The van der Waals surface area contributed by atoms with Crippen molar-refractivity contribution in [1.29, 1.82) is 0 Å². The molecule has 14 heavy (non-hydrogen) atoms. The standard InChI is InChI=1S/C10H19NO2.ClH/c1-5-9(12)13-11-10(6-2,7-3)8-4;/h5,11H,1,6-8H2,2-4H3;1H. The summed E-state index contributed by atoms with van der Waals surface area (Å²) < 4.78 is 0. The Labute approximate surface area is 92.3 Å². The maximum absolute atomic E-state index is 10.8. The average molecular weight is 222 g/mol. The van der Waals surface area contributed by atoms with Gasteiger partial charge in [-0.25, -0.2) is 4.79 Å². The first kappa shape index (κ1) is 15.9. The van der Waals surface area contributed by atoms with E-state index in [-0.39, 0.29) is 17.9 Å². The van der Waals surface area contributed by atoms with Crippen LogP contribution in [0.25, 0.3) is 0 Å². The lowest BCUT2D eigenvalue weighted by Crippen LogP contribution is -2.44. The van der Waals surface area contributed by atoms with E-state index in [2.05, 4.69) is 32.8 Å². The van der Waals surface area contributed by atoms with Gasteiger partial charge in [-0.15, -0.1) is 17.9 Å². The van der Waals surface area contributed by atoms with Gasteiger partial charge >= 0.3 is 5.97 Å². The van der Waals surface area contributed by atoms with Gasteiger partial charge in [0.25, 0.3) is 0 Å². The molecule has 0 amide bonds. The van der Waals surface area contributed by atoms with Crippen molar-refractivity contribution in [3.63, 3.8) is 0 Å². The Hall–Kier alpha value is -0.540. The van der Waals surface area contributed by atoms with Gasteiger partial charge in [0.15, 0.2) is 0 Å². The van der Waals surface area contributed by atoms with Crippen LogP contribution in [0.4, 0.5) is 0 Å². The van der Waals surface area contributed by atoms with Gasteiger partial charge < -0.3 is 4.84 Å². The molecule has 0 spiro atoms. The van der Waals surface area contributed by atoms with Crippen LogP contribution in [0.15, 0.2) is 12.7 Å². The zero-order chi connectivity index (χ0) is 10.3. The largest absolute Gasteiger partial charge is 0.367 e. The van der Waals surface area contributed by atoms with Gasteiger partial charge in [-0.2, -0.15) is 0 Å². The number of rotatable bonds is 6. The van der Waals surface area contributed by atoms with E-state index in [1.54, 1.807) is 0 Å². The van der Waals surface area contributed by atoms with Gasteiger partial charge in [-0.3, -0.25) is 0 Å². The number of halogens is 1. The highest BCUT2D eigenvalue weighted by Gasteiger charge is 2.24. The molecule has 0 atom stereocenters. The lowest BCUT2D eigenvalue weighted by molar-refractivity contribution is -0.150. The van der Waals surface area contributed by atoms with E-state index in [0.29, 0.717) is 0 Å². The third kappa shape index (κ3) is 4.63. The summed E-state index contributed by atoms with van der Waals surface area (Å²) in [5.41, 5.74) is 2.73. The van der Waals surface area contributed by atoms with Crippen LogP contribution < -0.4 is 5.48 Å². The van der Waals surface area contributed by atoms with Crippen LogP contribution in [-0.2, 0) is 9.63 Å². The smallest absolute Gasteiger partial charge is 0.348 e. The molecule has 0 aliphatic carbocycles. The molecule has 0 aromatic heterocycles. The second kappa shape index (κ2) is 7.83. The van der Waals surface area contributed by atoms with E-state index in [9.17, 15) is 4.79 Å². The lowest BCUT2D eigenvalue weighted by Gasteiger charge is -2.29. The van der Waals surface area contributed by atoms with Crippen molar-refractivity contribution >= 4 is 18.4 Å². The zero-order valence-corrected chi connectivity index (χ0v) is 9.95. The molecule has 0 saturated carbocycles. The van der Waals surface area contributed by atoms with E-state index in [0.717, 1.165) is 25.3 Å². The molecule has 0 aromatic rings. The number of hydrogen-bond donors (Lipinski definition) is 1. The van der Waals surface area contributed by atoms with E-state index in [4.69, 9.17) is 4.84 Å². The Balaban J connectivity index is 0. The summed E-state index contributed by atoms with van der Waals surface area (Å²) in [7, 11) is 0. The van der Waals surface area contributed by atoms with Crippen LogP contribution in [0.1, 0.15) is 40.0 Å². The van der Waals surface area contributed by atoms with Gasteiger partial charge in [-0.05, 0) is 19.3 Å². The number of nitrogens with one attached hydrogen (secondary N) is 1. The lowest BCUT2D eigenvalue weighted by atomic mass is 9.91. The summed E-state index contributed by atoms with van der Waals surface area (Å²) >= 11 is 0. The van der Waals surface area contributed by atoms with Crippen LogP contribution in [0.5, 0.6) is 0 Å². The first-order valence-corrected chi connectivity index (χ1v) is 4.74. The molecule has 0 heterocycles. The molecule has 0 aliphatic heterocycles. The van der Waals surface area contributed by atoms with E-state index in [1.165, 1.54) is 0 Å². The minimum absolute atomic E-state index is 0. The number of hydrogen-bond acceptors (Lipinski definition) is 3. The van der Waals surface area contributed by atoms with Gasteiger partial charge in [0.2, 0.25) is 0 Å². The van der Waals surface area contributed by atoms with Crippen LogP contribution in [0.3, 0.4) is 0 Å². The van der Waals surface area contributed by atoms with Crippen molar-refractivity contribution in [3.05, 3.63) is 12.7 Å². The number of carbonyl (C=O) groups is 1. The molecule has 1 N–H and O–H groups in total. The summed E-state index contributed by atoms with van der Waals surface area (Å²) in [5.74, 6) is -0.431. The maximum Gasteiger partial charge on any atom is 0.348 e. The molecule has 0 fully saturated rings. The van der Waals surface area contributed by atoms with E-state index >= 15 is 0 Å². The van der Waals surface area contributed by atoms with Crippen LogP contribution in [-0.4, -0.2) is 11.5 Å². The number of carbonyl (C=O) groups excluding carboxylic acids is 1. The van der Waals surface area contributed by atoms with Crippen LogP contribution in [0, 0.1) is 0 Å². The SMILES string of the molecule is C=CC(=O)ONC(CC)(CC)CC.Cl. The quantitative estimate of drug-likeness (QED) is 0.554. The number of hydroxylamine groups is 1. The summed E-state index contributed by atoms with van der Waals surface area (Å²) in [6.45, 7) is 9.54. The third-order valence-electron chi connectivity index (χ3n) is 2.57. The highest BCUT2D eigenvalue weighted by Crippen LogP contribution is 2.18. The predicted octanol–water partition coefficient (Wildman–Crippen LogP) is 2.61. The Morgan fingerprint density at radius 3 is 2.07 bits per heavy atom. The van der Waals surface area contributed by atoms with Crippen molar-refractivity contribution in [2.24, 2.45) is 0 Å². The average Bonchev–Trinajstić information content (AvgIpc) is 2.20. The van der Waals surface area contributed by atoms with Crippen molar-refractivity contribution < 1.29 is 9.63 Å². The topological polar surface area (TPSA) is 38.3 Å². The molecular weight excluding hydrogens is 202 g/mol. The first-order valence-electron chi connectivity index (χ1n) is 4.74. The van der Waals surface area contributed by atoms with Gasteiger partial charge in [0, 0.05) is 6.08 Å². The molecule has 0 radical (unpaired) electrons.